The zero-order valence-electron chi connectivity index (χ0n) is 18.2. The minimum atomic E-state index is -0.0397. The minimum absolute atomic E-state index is 0.0397. The molecule has 3 heteroatoms. The molecule has 0 N–H and O–H groups in total. The maximum absolute atomic E-state index is 6.15. The van der Waals surface area contributed by atoms with Crippen LogP contribution in [-0.2, 0) is 16.8 Å². The van der Waals surface area contributed by atoms with Crippen molar-refractivity contribution in [2.45, 2.75) is 24.9 Å². The molecule has 0 aliphatic carbocycles. The van der Waals surface area contributed by atoms with Crippen molar-refractivity contribution in [2.75, 3.05) is 44.2 Å². The van der Waals surface area contributed by atoms with Crippen molar-refractivity contribution in [3.8, 4) is 0 Å². The van der Waals surface area contributed by atoms with Gasteiger partial charge in [0.1, 0.15) is 0 Å². The van der Waals surface area contributed by atoms with Crippen molar-refractivity contribution in [3.05, 3.63) is 102 Å². The first kappa shape index (κ1) is 20.3. The Labute approximate surface area is 186 Å². The number of hydrogen-bond donors (Lipinski definition) is 0. The molecule has 160 valence electrons. The van der Waals surface area contributed by atoms with E-state index in [1.165, 1.54) is 28.8 Å². The molecule has 0 amide bonds. The van der Waals surface area contributed by atoms with Crippen molar-refractivity contribution in [1.82, 2.24) is 4.90 Å². The van der Waals surface area contributed by atoms with Gasteiger partial charge in [-0.05, 0) is 48.2 Å². The summed E-state index contributed by atoms with van der Waals surface area (Å²) >= 11 is 0. The van der Waals surface area contributed by atoms with E-state index in [9.17, 15) is 0 Å². The number of fused-ring (bicyclic) bond motifs is 1. The summed E-state index contributed by atoms with van der Waals surface area (Å²) in [5.41, 5.74) is 5.50. The normalized spacial score (nSPS) is 21.6. The minimum Gasteiger partial charge on any atom is -0.375 e. The van der Waals surface area contributed by atoms with Gasteiger partial charge in [-0.2, -0.15) is 0 Å². The van der Waals surface area contributed by atoms with Crippen LogP contribution >= 0.6 is 0 Å². The first-order chi connectivity index (χ1) is 15.4. The van der Waals surface area contributed by atoms with Crippen LogP contribution in [0, 0.1) is 0 Å². The molecule has 2 aliphatic rings. The predicted octanol–water partition coefficient (Wildman–Crippen LogP) is 5.11. The van der Waals surface area contributed by atoms with Crippen LogP contribution in [0.15, 0.2) is 84.9 Å². The van der Waals surface area contributed by atoms with Crippen LogP contribution in [0.2, 0.25) is 0 Å². The van der Waals surface area contributed by atoms with Gasteiger partial charge >= 0.3 is 0 Å². The molecule has 0 radical (unpaired) electrons. The smallest absolute Gasteiger partial charge is 0.0720 e. The summed E-state index contributed by atoms with van der Waals surface area (Å²) in [6, 6.07) is 30.7. The highest BCUT2D eigenvalue weighted by atomic mass is 16.5. The fraction of sp³-hybridized carbons (Fsp3) is 0.357. The van der Waals surface area contributed by atoms with Crippen LogP contribution in [0.25, 0.3) is 0 Å². The summed E-state index contributed by atoms with van der Waals surface area (Å²) < 4.78 is 6.15. The van der Waals surface area contributed by atoms with E-state index in [-0.39, 0.29) is 5.41 Å². The highest BCUT2D eigenvalue weighted by molar-refractivity contribution is 5.47. The molecule has 1 unspecified atom stereocenters. The van der Waals surface area contributed by atoms with Crippen LogP contribution in [0.3, 0.4) is 0 Å². The second-order valence-electron chi connectivity index (χ2n) is 8.87. The summed E-state index contributed by atoms with van der Waals surface area (Å²) in [5.74, 6) is 0. The average molecular weight is 413 g/mol. The third-order valence-electron chi connectivity index (χ3n) is 7.04. The second kappa shape index (κ2) is 9.25. The van der Waals surface area contributed by atoms with Crippen LogP contribution in [0.4, 0.5) is 5.69 Å². The van der Waals surface area contributed by atoms with Gasteiger partial charge in [0.05, 0.1) is 13.2 Å². The molecule has 0 spiro atoms. The van der Waals surface area contributed by atoms with Gasteiger partial charge in [-0.25, -0.2) is 0 Å². The summed E-state index contributed by atoms with van der Waals surface area (Å²) in [5, 5.41) is 0. The van der Waals surface area contributed by atoms with Crippen molar-refractivity contribution in [2.24, 2.45) is 0 Å². The number of hydrogen-bond acceptors (Lipinski definition) is 3. The second-order valence-corrected chi connectivity index (χ2v) is 8.87. The number of benzene rings is 3. The number of ether oxygens (including phenoxy) is 1. The lowest BCUT2D eigenvalue weighted by Gasteiger charge is -2.41. The SMILES string of the molecule is c1ccc(N2CCN(CCCC3(c4ccccc4)COCc4ccccc43)CC2)cc1. The van der Waals surface area contributed by atoms with Gasteiger partial charge in [0.25, 0.3) is 0 Å². The summed E-state index contributed by atoms with van der Waals surface area (Å²) in [4.78, 5) is 5.14. The van der Waals surface area contributed by atoms with Crippen molar-refractivity contribution in [3.63, 3.8) is 0 Å². The molecule has 3 aromatic carbocycles. The summed E-state index contributed by atoms with van der Waals surface area (Å²) in [6.07, 6.45) is 2.30. The Morgan fingerprint density at radius 3 is 2.19 bits per heavy atom. The van der Waals surface area contributed by atoms with E-state index >= 15 is 0 Å². The molecule has 2 aliphatic heterocycles. The lowest BCUT2D eigenvalue weighted by molar-refractivity contribution is 0.0599. The highest BCUT2D eigenvalue weighted by Crippen LogP contribution is 2.42. The van der Waals surface area contributed by atoms with Gasteiger partial charge in [0.2, 0.25) is 0 Å². The number of nitrogens with zero attached hydrogens (tertiary/aromatic N) is 2. The van der Waals surface area contributed by atoms with Gasteiger partial charge in [0, 0.05) is 37.3 Å². The van der Waals surface area contributed by atoms with Gasteiger partial charge < -0.3 is 9.64 Å². The van der Waals surface area contributed by atoms with Crippen LogP contribution in [0.1, 0.15) is 29.5 Å². The Kier molecular flexibility index (Phi) is 6.06. The van der Waals surface area contributed by atoms with Crippen molar-refractivity contribution in [1.29, 1.82) is 0 Å². The molecule has 31 heavy (non-hydrogen) atoms. The van der Waals surface area contributed by atoms with E-state index in [0.29, 0.717) is 0 Å². The number of piperazine rings is 1. The molecule has 3 aromatic rings. The molecule has 2 heterocycles. The molecule has 0 aromatic heterocycles. The molecule has 5 rings (SSSR count). The molecule has 0 saturated carbocycles. The Balaban J connectivity index is 1.26. The molecule has 1 fully saturated rings. The molecule has 1 saturated heterocycles. The lowest BCUT2D eigenvalue weighted by atomic mass is 9.69. The quantitative estimate of drug-likeness (QED) is 0.560. The lowest BCUT2D eigenvalue weighted by Crippen LogP contribution is -2.47. The molecular formula is C28H32N2O. The van der Waals surface area contributed by atoms with Gasteiger partial charge in [-0.15, -0.1) is 0 Å². The fourth-order valence-corrected chi connectivity index (χ4v) is 5.35. The van der Waals surface area contributed by atoms with E-state index < -0.39 is 0 Å². The van der Waals surface area contributed by atoms with Crippen molar-refractivity contribution < 1.29 is 4.74 Å². The molecule has 1 atom stereocenters. The topological polar surface area (TPSA) is 15.7 Å². The third-order valence-corrected chi connectivity index (χ3v) is 7.04. The number of para-hydroxylation sites is 1. The Morgan fingerprint density at radius 2 is 1.42 bits per heavy atom. The van der Waals surface area contributed by atoms with Crippen molar-refractivity contribution >= 4 is 5.69 Å². The monoisotopic (exact) mass is 412 g/mol. The van der Waals surface area contributed by atoms with E-state index in [1.54, 1.807) is 0 Å². The third kappa shape index (κ3) is 4.26. The predicted molar refractivity (Wildman–Crippen MR) is 128 cm³/mol. The van der Waals surface area contributed by atoms with Gasteiger partial charge in [0.15, 0.2) is 0 Å². The molecule has 3 nitrogen and oxygen atoms in total. The first-order valence-corrected chi connectivity index (χ1v) is 11.6. The number of anilines is 1. The van der Waals surface area contributed by atoms with E-state index in [2.05, 4.69) is 94.7 Å². The zero-order chi connectivity index (χ0) is 20.9. The summed E-state index contributed by atoms with van der Waals surface area (Å²) in [6.45, 7) is 7.15. The first-order valence-electron chi connectivity index (χ1n) is 11.6. The molecule has 0 bridgehead atoms. The zero-order valence-corrected chi connectivity index (χ0v) is 18.2. The Morgan fingerprint density at radius 1 is 0.742 bits per heavy atom. The van der Waals surface area contributed by atoms with Gasteiger partial charge in [-0.3, -0.25) is 4.90 Å². The average Bonchev–Trinajstić information content (AvgIpc) is 2.86. The standard InChI is InChI=1S/C28H32N2O/c1-3-11-25(12-4-1)28(23-31-22-24-10-7-8-15-27(24)28)16-9-17-29-18-20-30(21-19-29)26-13-5-2-6-14-26/h1-8,10-15H,9,16-23H2. The van der Waals surface area contributed by atoms with Gasteiger partial charge in [-0.1, -0.05) is 72.8 Å². The maximum atomic E-state index is 6.15. The van der Waals surface area contributed by atoms with E-state index in [4.69, 9.17) is 4.74 Å². The fourth-order valence-electron chi connectivity index (χ4n) is 5.35. The Bertz CT molecular complexity index is 967. The Hall–Kier alpha value is -2.62. The van der Waals surface area contributed by atoms with Crippen LogP contribution < -0.4 is 4.90 Å². The highest BCUT2D eigenvalue weighted by Gasteiger charge is 2.38. The van der Waals surface area contributed by atoms with E-state index in [1.807, 2.05) is 0 Å². The molecular weight excluding hydrogens is 380 g/mol. The number of rotatable bonds is 6. The maximum Gasteiger partial charge on any atom is 0.0720 e. The largest absolute Gasteiger partial charge is 0.375 e. The van der Waals surface area contributed by atoms with E-state index in [0.717, 1.165) is 52.4 Å². The van der Waals surface area contributed by atoms with Crippen LogP contribution in [-0.4, -0.2) is 44.2 Å². The van der Waals surface area contributed by atoms with Crippen LogP contribution in [0.5, 0.6) is 0 Å². The summed E-state index contributed by atoms with van der Waals surface area (Å²) in [7, 11) is 0.